The Bertz CT molecular complexity index is 1030. The number of anilines is 1. The molecule has 1 amide bonds. The third-order valence-electron chi connectivity index (χ3n) is 5.49. The lowest BCUT2D eigenvalue weighted by atomic mass is 10.0. The van der Waals surface area contributed by atoms with Crippen molar-refractivity contribution in [3.63, 3.8) is 0 Å². The molecule has 0 saturated heterocycles. The monoisotopic (exact) mass is 462 g/mol. The number of aliphatic carboxylic acids is 1. The van der Waals surface area contributed by atoms with Crippen LogP contribution in [0.4, 0.5) is 18.9 Å². The van der Waals surface area contributed by atoms with Crippen LogP contribution in [0.25, 0.3) is 6.08 Å². The Labute approximate surface area is 189 Å². The lowest BCUT2D eigenvalue weighted by Gasteiger charge is -2.14. The topological polar surface area (TPSA) is 102 Å². The van der Waals surface area contributed by atoms with Crippen molar-refractivity contribution in [3.8, 4) is 11.5 Å². The van der Waals surface area contributed by atoms with Crippen LogP contribution < -0.4 is 15.8 Å². The highest BCUT2D eigenvalue weighted by Crippen LogP contribution is 2.39. The molecule has 0 aliphatic heterocycles. The van der Waals surface area contributed by atoms with Gasteiger partial charge in [0.05, 0.1) is 0 Å². The maximum Gasteiger partial charge on any atom is 0.420 e. The van der Waals surface area contributed by atoms with Crippen LogP contribution in [-0.2, 0) is 15.8 Å². The van der Waals surface area contributed by atoms with Gasteiger partial charge in [0.2, 0.25) is 5.91 Å². The number of carbonyl (C=O) groups excluding carboxylic acids is 1. The van der Waals surface area contributed by atoms with E-state index in [1.54, 1.807) is 0 Å². The van der Waals surface area contributed by atoms with Gasteiger partial charge in [-0.2, -0.15) is 13.2 Å². The summed E-state index contributed by atoms with van der Waals surface area (Å²) in [6.07, 6.45) is 2.17. The van der Waals surface area contributed by atoms with E-state index in [9.17, 15) is 27.9 Å². The number of rotatable bonds is 8. The summed E-state index contributed by atoms with van der Waals surface area (Å²) in [5.41, 5.74) is 4.57. The Hall–Kier alpha value is -3.49. The Kier molecular flexibility index (Phi) is 7.63. The summed E-state index contributed by atoms with van der Waals surface area (Å²) in [6.45, 7) is 0. The van der Waals surface area contributed by atoms with E-state index in [2.05, 4.69) is 5.32 Å². The second-order valence-corrected chi connectivity index (χ2v) is 8.02. The first kappa shape index (κ1) is 24.2. The predicted molar refractivity (Wildman–Crippen MR) is 117 cm³/mol. The molecular formula is C24H25F3N2O4. The molecule has 2 aromatic rings. The fourth-order valence-electron chi connectivity index (χ4n) is 3.78. The molecule has 1 saturated carbocycles. The number of halogens is 3. The van der Waals surface area contributed by atoms with Gasteiger partial charge in [0.15, 0.2) is 0 Å². The SMILES string of the molecule is Nc1ccc(Oc2ccc(/C=C(/NC(=O)CCC3CCCC3)C(=O)O)cc2)c(C(F)(F)F)c1. The minimum atomic E-state index is -4.64. The number of carboxylic acid groups (broad SMARTS) is 1. The molecule has 1 fully saturated rings. The molecule has 1 aliphatic carbocycles. The van der Waals surface area contributed by atoms with Gasteiger partial charge in [0.25, 0.3) is 0 Å². The number of ether oxygens (including phenoxy) is 1. The number of carbonyl (C=O) groups is 2. The van der Waals surface area contributed by atoms with Crippen molar-refractivity contribution in [1.29, 1.82) is 0 Å². The summed E-state index contributed by atoms with van der Waals surface area (Å²) < 4.78 is 45.0. The smallest absolute Gasteiger partial charge is 0.420 e. The fraction of sp³-hybridized carbons (Fsp3) is 0.333. The first-order valence-electron chi connectivity index (χ1n) is 10.6. The Morgan fingerprint density at radius 2 is 1.79 bits per heavy atom. The van der Waals surface area contributed by atoms with E-state index in [0.29, 0.717) is 11.5 Å². The van der Waals surface area contributed by atoms with Crippen LogP contribution in [0.3, 0.4) is 0 Å². The van der Waals surface area contributed by atoms with E-state index in [1.165, 1.54) is 49.2 Å². The van der Waals surface area contributed by atoms with Crippen molar-refractivity contribution >= 4 is 23.6 Å². The van der Waals surface area contributed by atoms with Crippen LogP contribution >= 0.6 is 0 Å². The lowest BCUT2D eigenvalue weighted by molar-refractivity contribution is -0.138. The maximum atomic E-state index is 13.2. The van der Waals surface area contributed by atoms with Gasteiger partial charge in [0.1, 0.15) is 22.8 Å². The van der Waals surface area contributed by atoms with Gasteiger partial charge in [-0.05, 0) is 54.3 Å². The highest BCUT2D eigenvalue weighted by molar-refractivity contribution is 5.96. The van der Waals surface area contributed by atoms with Gasteiger partial charge in [-0.1, -0.05) is 37.8 Å². The van der Waals surface area contributed by atoms with Crippen LogP contribution in [0.1, 0.15) is 49.7 Å². The van der Waals surface area contributed by atoms with E-state index in [0.717, 1.165) is 31.4 Å². The Morgan fingerprint density at radius 3 is 2.39 bits per heavy atom. The van der Waals surface area contributed by atoms with E-state index in [4.69, 9.17) is 10.5 Å². The largest absolute Gasteiger partial charge is 0.477 e. The predicted octanol–water partition coefficient (Wildman–Crippen LogP) is 5.59. The molecule has 33 heavy (non-hydrogen) atoms. The van der Waals surface area contributed by atoms with Crippen molar-refractivity contribution in [2.24, 2.45) is 5.92 Å². The second kappa shape index (κ2) is 10.4. The van der Waals surface area contributed by atoms with E-state index in [1.807, 2.05) is 0 Å². The molecule has 1 aliphatic rings. The summed E-state index contributed by atoms with van der Waals surface area (Å²) in [5, 5.41) is 11.8. The van der Waals surface area contributed by atoms with Gasteiger partial charge in [-0.3, -0.25) is 4.79 Å². The number of nitrogen functional groups attached to an aromatic ring is 1. The molecule has 0 radical (unpaired) electrons. The molecule has 0 bridgehead atoms. The van der Waals surface area contributed by atoms with Crippen molar-refractivity contribution in [1.82, 2.24) is 5.32 Å². The van der Waals surface area contributed by atoms with Crippen molar-refractivity contribution in [2.75, 3.05) is 5.73 Å². The van der Waals surface area contributed by atoms with Crippen molar-refractivity contribution in [2.45, 2.75) is 44.7 Å². The molecule has 0 heterocycles. The molecule has 9 heteroatoms. The first-order chi connectivity index (χ1) is 15.6. The Morgan fingerprint density at radius 1 is 1.12 bits per heavy atom. The fourth-order valence-corrected chi connectivity index (χ4v) is 3.78. The van der Waals surface area contributed by atoms with E-state index in [-0.39, 0.29) is 29.5 Å². The number of nitrogens with two attached hydrogens (primary N) is 1. The molecule has 3 rings (SSSR count). The zero-order valence-corrected chi connectivity index (χ0v) is 17.8. The number of amides is 1. The number of benzene rings is 2. The number of carboxylic acids is 1. The summed E-state index contributed by atoms with van der Waals surface area (Å²) in [7, 11) is 0. The van der Waals surface area contributed by atoms with E-state index < -0.39 is 23.5 Å². The summed E-state index contributed by atoms with van der Waals surface area (Å²) in [6, 6.07) is 9.00. The molecule has 6 nitrogen and oxygen atoms in total. The van der Waals surface area contributed by atoms with Gasteiger partial charge in [-0.15, -0.1) is 0 Å². The summed E-state index contributed by atoms with van der Waals surface area (Å²) >= 11 is 0. The number of nitrogens with one attached hydrogen (secondary N) is 1. The number of hydrogen-bond donors (Lipinski definition) is 3. The minimum absolute atomic E-state index is 0.0401. The lowest BCUT2D eigenvalue weighted by Crippen LogP contribution is -2.27. The van der Waals surface area contributed by atoms with Gasteiger partial charge in [0, 0.05) is 12.1 Å². The zero-order chi connectivity index (χ0) is 24.0. The number of hydrogen-bond acceptors (Lipinski definition) is 4. The molecule has 2 aromatic carbocycles. The third-order valence-corrected chi connectivity index (χ3v) is 5.49. The average molecular weight is 462 g/mol. The molecular weight excluding hydrogens is 437 g/mol. The van der Waals surface area contributed by atoms with Gasteiger partial charge in [-0.25, -0.2) is 4.79 Å². The first-order valence-corrected chi connectivity index (χ1v) is 10.6. The molecule has 0 unspecified atom stereocenters. The van der Waals surface area contributed by atoms with Gasteiger partial charge < -0.3 is 20.9 Å². The quantitative estimate of drug-likeness (QED) is 0.351. The van der Waals surface area contributed by atoms with Crippen molar-refractivity contribution in [3.05, 3.63) is 59.3 Å². The molecule has 4 N–H and O–H groups in total. The zero-order valence-electron chi connectivity index (χ0n) is 17.8. The molecule has 0 aromatic heterocycles. The Balaban J connectivity index is 1.67. The van der Waals surface area contributed by atoms with Crippen LogP contribution in [0.15, 0.2) is 48.2 Å². The van der Waals surface area contributed by atoms with Crippen LogP contribution in [0.2, 0.25) is 0 Å². The van der Waals surface area contributed by atoms with E-state index >= 15 is 0 Å². The average Bonchev–Trinajstić information content (AvgIpc) is 3.27. The van der Waals surface area contributed by atoms with Crippen molar-refractivity contribution < 1.29 is 32.6 Å². The highest BCUT2D eigenvalue weighted by Gasteiger charge is 2.34. The maximum absolute atomic E-state index is 13.2. The molecule has 176 valence electrons. The minimum Gasteiger partial charge on any atom is -0.477 e. The standard InChI is InChI=1S/C24H25F3N2O4/c25-24(26,27)19-14-17(28)8-11-21(19)33-18-9-5-16(6-10-18)13-20(23(31)32)29-22(30)12-7-15-3-1-2-4-15/h5-6,8-11,13-15H,1-4,7,12,28H2,(H,29,30)(H,31,32)/b20-13+. The summed E-state index contributed by atoms with van der Waals surface area (Å²) in [4.78, 5) is 23.7. The van der Waals surface area contributed by atoms with Crippen LogP contribution in [0.5, 0.6) is 11.5 Å². The van der Waals surface area contributed by atoms with Gasteiger partial charge >= 0.3 is 12.1 Å². The van der Waals surface area contributed by atoms with Crippen LogP contribution in [0, 0.1) is 5.92 Å². The highest BCUT2D eigenvalue weighted by atomic mass is 19.4. The third kappa shape index (κ3) is 7.00. The molecule has 0 spiro atoms. The summed E-state index contributed by atoms with van der Waals surface area (Å²) in [5.74, 6) is -1.42. The van der Waals surface area contributed by atoms with Crippen LogP contribution in [-0.4, -0.2) is 17.0 Å². The molecule has 0 atom stereocenters. The second-order valence-electron chi connectivity index (χ2n) is 8.02. The normalized spacial score (nSPS) is 14.8. The number of alkyl halides is 3.